The van der Waals surface area contributed by atoms with Crippen molar-refractivity contribution in [3.8, 4) is 0 Å². The van der Waals surface area contributed by atoms with Crippen LogP contribution in [-0.4, -0.2) is 87.7 Å². The van der Waals surface area contributed by atoms with Crippen molar-refractivity contribution >= 4 is 35.8 Å². The molecule has 1 amide bonds. The van der Waals surface area contributed by atoms with Gasteiger partial charge in [-0.1, -0.05) is 6.92 Å². The maximum atomic E-state index is 11.9. The van der Waals surface area contributed by atoms with Gasteiger partial charge in [-0.3, -0.25) is 4.79 Å². The number of carbonyl (C=O) groups is 1. The predicted octanol–water partition coefficient (Wildman–Crippen LogP) is 1.14. The molecule has 1 unspecified atom stereocenters. The Kier molecular flexibility index (Phi) is 11.5. The van der Waals surface area contributed by atoms with Gasteiger partial charge in [-0.15, -0.1) is 24.0 Å². The fourth-order valence-electron chi connectivity index (χ4n) is 3.24. The van der Waals surface area contributed by atoms with E-state index in [9.17, 15) is 4.79 Å². The average Bonchev–Trinajstić information content (AvgIpc) is 3.12. The first-order valence-electron chi connectivity index (χ1n) is 9.63. The second-order valence-corrected chi connectivity index (χ2v) is 7.32. The van der Waals surface area contributed by atoms with Crippen molar-refractivity contribution in [2.45, 2.75) is 38.6 Å². The van der Waals surface area contributed by atoms with Crippen molar-refractivity contribution in [3.05, 3.63) is 0 Å². The highest BCUT2D eigenvalue weighted by Gasteiger charge is 2.21. The van der Waals surface area contributed by atoms with Gasteiger partial charge < -0.3 is 25.2 Å². The van der Waals surface area contributed by atoms with Crippen molar-refractivity contribution in [1.29, 1.82) is 0 Å². The van der Waals surface area contributed by atoms with Crippen molar-refractivity contribution < 1.29 is 9.53 Å². The molecular weight excluding hydrogens is 445 g/mol. The van der Waals surface area contributed by atoms with E-state index in [1.54, 1.807) is 19.0 Å². The lowest BCUT2D eigenvalue weighted by Gasteiger charge is -2.33. The first kappa shape index (κ1) is 23.4. The highest BCUT2D eigenvalue weighted by atomic mass is 127. The second-order valence-electron chi connectivity index (χ2n) is 7.32. The minimum Gasteiger partial charge on any atom is -0.381 e. The molecule has 8 heteroatoms. The number of piperidine rings is 1. The van der Waals surface area contributed by atoms with E-state index in [2.05, 4.69) is 27.4 Å². The van der Waals surface area contributed by atoms with Crippen LogP contribution >= 0.6 is 24.0 Å². The van der Waals surface area contributed by atoms with Crippen LogP contribution in [0.1, 0.15) is 32.6 Å². The molecule has 0 aromatic heterocycles. The summed E-state index contributed by atoms with van der Waals surface area (Å²) in [5, 5.41) is 6.95. The molecule has 152 valence electrons. The molecule has 0 aromatic rings. The van der Waals surface area contributed by atoms with Crippen molar-refractivity contribution in [2.24, 2.45) is 10.9 Å². The van der Waals surface area contributed by atoms with Gasteiger partial charge in [-0.2, -0.15) is 0 Å². The number of nitrogens with zero attached hydrogens (tertiary/aromatic N) is 3. The molecule has 7 nitrogen and oxygen atoms in total. The Morgan fingerprint density at radius 3 is 2.58 bits per heavy atom. The molecular formula is C18H36IN5O2. The number of aliphatic imine (C=N–C) groups is 1. The molecule has 2 heterocycles. The number of amides is 1. The van der Waals surface area contributed by atoms with Crippen LogP contribution in [0.5, 0.6) is 0 Å². The topological polar surface area (TPSA) is 69.2 Å². The Morgan fingerprint density at radius 2 is 2.00 bits per heavy atom. The van der Waals surface area contributed by atoms with Crippen LogP contribution in [0, 0.1) is 5.92 Å². The zero-order valence-electron chi connectivity index (χ0n) is 16.5. The summed E-state index contributed by atoms with van der Waals surface area (Å²) >= 11 is 0. The van der Waals surface area contributed by atoms with Crippen molar-refractivity contribution in [2.75, 3.05) is 60.0 Å². The molecule has 26 heavy (non-hydrogen) atoms. The second kappa shape index (κ2) is 12.7. The van der Waals surface area contributed by atoms with Gasteiger partial charge in [-0.05, 0) is 32.2 Å². The molecule has 0 bridgehead atoms. The Balaban J connectivity index is 0.00000338. The van der Waals surface area contributed by atoms with Crippen molar-refractivity contribution in [1.82, 2.24) is 20.4 Å². The van der Waals surface area contributed by atoms with E-state index in [4.69, 9.17) is 4.74 Å². The number of likely N-dealkylation sites (N-methyl/N-ethyl adjacent to an activating group) is 1. The fraction of sp³-hybridized carbons (Fsp3) is 0.889. The van der Waals surface area contributed by atoms with Crippen LogP contribution in [0.25, 0.3) is 0 Å². The molecule has 2 aliphatic rings. The Labute approximate surface area is 175 Å². The zero-order chi connectivity index (χ0) is 18.1. The maximum Gasteiger partial charge on any atom is 0.243 e. The standard InChI is InChI=1S/C18H35N5O2.HI/c1-4-8-23-9-5-16(6-10-23)21-18(20-13-17(24)22(2)3)19-12-15-7-11-25-14-15;/h15-16H,4-14H2,1-3H3,(H2,19,20,21);1H. The van der Waals surface area contributed by atoms with E-state index in [1.165, 1.54) is 13.0 Å². The lowest BCUT2D eigenvalue weighted by Crippen LogP contribution is -2.49. The van der Waals surface area contributed by atoms with Gasteiger partial charge in [0.15, 0.2) is 5.96 Å². The molecule has 0 aromatic carbocycles. The number of hydrogen-bond donors (Lipinski definition) is 2. The number of hydrogen-bond acceptors (Lipinski definition) is 4. The number of ether oxygens (including phenoxy) is 1. The quantitative estimate of drug-likeness (QED) is 0.324. The molecule has 2 saturated heterocycles. The van der Waals surface area contributed by atoms with Crippen LogP contribution < -0.4 is 10.6 Å². The van der Waals surface area contributed by atoms with E-state index >= 15 is 0 Å². The lowest BCUT2D eigenvalue weighted by molar-refractivity contribution is -0.127. The van der Waals surface area contributed by atoms with Crippen LogP contribution in [0.4, 0.5) is 0 Å². The SMILES string of the molecule is CCCN1CCC(NC(=NCC(=O)N(C)C)NCC2CCOC2)CC1.I. The number of likely N-dealkylation sites (tertiary alicyclic amines) is 1. The predicted molar refractivity (Wildman–Crippen MR) is 116 cm³/mol. The zero-order valence-corrected chi connectivity index (χ0v) is 18.8. The van der Waals surface area contributed by atoms with E-state index in [-0.39, 0.29) is 36.4 Å². The van der Waals surface area contributed by atoms with Crippen LogP contribution in [0.2, 0.25) is 0 Å². The number of rotatable bonds is 7. The lowest BCUT2D eigenvalue weighted by atomic mass is 10.1. The van der Waals surface area contributed by atoms with E-state index in [0.717, 1.165) is 58.1 Å². The molecule has 0 aliphatic carbocycles. The first-order valence-corrected chi connectivity index (χ1v) is 9.63. The van der Waals surface area contributed by atoms with Gasteiger partial charge in [-0.25, -0.2) is 4.99 Å². The summed E-state index contributed by atoms with van der Waals surface area (Å²) in [6.45, 7) is 8.36. The third-order valence-corrected chi connectivity index (χ3v) is 4.92. The average molecular weight is 481 g/mol. The summed E-state index contributed by atoms with van der Waals surface area (Å²) < 4.78 is 5.44. The van der Waals surface area contributed by atoms with Gasteiger partial charge in [0.2, 0.25) is 5.91 Å². The summed E-state index contributed by atoms with van der Waals surface area (Å²) in [7, 11) is 3.52. The third kappa shape index (κ3) is 8.39. The number of nitrogens with one attached hydrogen (secondary N) is 2. The van der Waals surface area contributed by atoms with Gasteiger partial charge in [0.1, 0.15) is 6.54 Å². The summed E-state index contributed by atoms with van der Waals surface area (Å²) in [4.78, 5) is 20.5. The normalized spacial score (nSPS) is 22.0. The van der Waals surface area contributed by atoms with Crippen LogP contribution in [0.15, 0.2) is 4.99 Å². The van der Waals surface area contributed by atoms with E-state index in [0.29, 0.717) is 12.0 Å². The largest absolute Gasteiger partial charge is 0.381 e. The van der Waals surface area contributed by atoms with Gasteiger partial charge >= 0.3 is 0 Å². The first-order chi connectivity index (χ1) is 12.1. The van der Waals surface area contributed by atoms with Gasteiger partial charge in [0.25, 0.3) is 0 Å². The monoisotopic (exact) mass is 481 g/mol. The van der Waals surface area contributed by atoms with Crippen LogP contribution in [-0.2, 0) is 9.53 Å². The summed E-state index contributed by atoms with van der Waals surface area (Å²) in [6, 6.07) is 0.425. The molecule has 2 rings (SSSR count). The summed E-state index contributed by atoms with van der Waals surface area (Å²) in [5.74, 6) is 1.31. The number of carbonyl (C=O) groups excluding carboxylic acids is 1. The maximum absolute atomic E-state index is 11.9. The minimum absolute atomic E-state index is 0. The molecule has 2 N–H and O–H groups in total. The molecule has 0 spiro atoms. The number of halogens is 1. The van der Waals surface area contributed by atoms with Crippen molar-refractivity contribution in [3.63, 3.8) is 0 Å². The molecule has 1 atom stereocenters. The molecule has 2 fully saturated rings. The van der Waals surface area contributed by atoms with E-state index < -0.39 is 0 Å². The Hall–Kier alpha value is -0.610. The molecule has 0 radical (unpaired) electrons. The third-order valence-electron chi connectivity index (χ3n) is 4.92. The fourth-order valence-corrected chi connectivity index (χ4v) is 3.24. The highest BCUT2D eigenvalue weighted by molar-refractivity contribution is 14.0. The van der Waals surface area contributed by atoms with Crippen LogP contribution in [0.3, 0.4) is 0 Å². The smallest absolute Gasteiger partial charge is 0.243 e. The summed E-state index contributed by atoms with van der Waals surface area (Å²) in [6.07, 6.45) is 4.54. The molecule has 0 saturated carbocycles. The van der Waals surface area contributed by atoms with E-state index in [1.807, 2.05) is 0 Å². The van der Waals surface area contributed by atoms with Gasteiger partial charge in [0, 0.05) is 52.3 Å². The van der Waals surface area contributed by atoms with Gasteiger partial charge in [0.05, 0.1) is 6.61 Å². The minimum atomic E-state index is 0. The Bertz CT molecular complexity index is 433. The molecule has 2 aliphatic heterocycles. The Morgan fingerprint density at radius 1 is 1.27 bits per heavy atom. The number of guanidine groups is 1. The summed E-state index contributed by atoms with van der Waals surface area (Å²) in [5.41, 5.74) is 0. The highest BCUT2D eigenvalue weighted by Crippen LogP contribution is 2.12.